The minimum Gasteiger partial charge on any atom is -0.367 e. The fourth-order valence-corrected chi connectivity index (χ4v) is 2.63. The predicted octanol–water partition coefficient (Wildman–Crippen LogP) is 0.990. The Labute approximate surface area is 124 Å². The maximum atomic E-state index is 4.27. The van der Waals surface area contributed by atoms with Gasteiger partial charge in [0.1, 0.15) is 24.3 Å². The molecule has 112 valence electrons. The average molecular weight is 287 g/mol. The fourth-order valence-electron chi connectivity index (χ4n) is 2.63. The van der Waals surface area contributed by atoms with Crippen molar-refractivity contribution in [1.29, 1.82) is 0 Å². The molecule has 0 unspecified atom stereocenters. The first kappa shape index (κ1) is 13.9. The second-order valence-electron chi connectivity index (χ2n) is 5.60. The van der Waals surface area contributed by atoms with Gasteiger partial charge in [-0.3, -0.25) is 4.90 Å². The van der Waals surface area contributed by atoms with E-state index in [2.05, 4.69) is 30.4 Å². The monoisotopic (exact) mass is 287 g/mol. The number of aryl methyl sites for hydroxylation is 2. The highest BCUT2D eigenvalue weighted by molar-refractivity contribution is 5.35. The summed E-state index contributed by atoms with van der Waals surface area (Å²) in [6.45, 7) is 4.98. The van der Waals surface area contributed by atoms with Crippen LogP contribution < -0.4 is 5.32 Å². The van der Waals surface area contributed by atoms with E-state index in [0.717, 1.165) is 49.8 Å². The van der Waals surface area contributed by atoms with Crippen LogP contribution in [-0.4, -0.2) is 48.8 Å². The van der Waals surface area contributed by atoms with Gasteiger partial charge in [0.05, 0.1) is 6.54 Å². The summed E-state index contributed by atoms with van der Waals surface area (Å²) in [5.74, 6) is 1.95. The molecule has 0 aromatic carbocycles. The third-order valence-corrected chi connectivity index (χ3v) is 3.91. The molecule has 1 fully saturated rings. The van der Waals surface area contributed by atoms with Crippen molar-refractivity contribution in [1.82, 2.24) is 29.6 Å². The van der Waals surface area contributed by atoms with Crippen molar-refractivity contribution in [3.8, 4) is 0 Å². The summed E-state index contributed by atoms with van der Waals surface area (Å²) in [6.07, 6.45) is 5.59. The molecule has 0 spiro atoms. The number of nitrogens with zero attached hydrogens (tertiary/aromatic N) is 6. The van der Waals surface area contributed by atoms with Crippen molar-refractivity contribution in [3.05, 3.63) is 30.2 Å². The minimum absolute atomic E-state index is 0.482. The number of anilines is 1. The van der Waals surface area contributed by atoms with Crippen LogP contribution >= 0.6 is 0 Å². The molecule has 0 aliphatic carbocycles. The topological polar surface area (TPSA) is 71.8 Å². The average Bonchev–Trinajstić information content (AvgIpc) is 2.87. The molecule has 0 radical (unpaired) electrons. The zero-order valence-corrected chi connectivity index (χ0v) is 12.5. The summed E-state index contributed by atoms with van der Waals surface area (Å²) >= 11 is 0. The maximum Gasteiger partial charge on any atom is 0.146 e. The van der Waals surface area contributed by atoms with Crippen molar-refractivity contribution in [2.45, 2.75) is 32.4 Å². The third kappa shape index (κ3) is 3.55. The molecule has 21 heavy (non-hydrogen) atoms. The Balaban J connectivity index is 1.50. The molecule has 3 rings (SSSR count). The van der Waals surface area contributed by atoms with E-state index in [-0.39, 0.29) is 0 Å². The number of hydrogen-bond acceptors (Lipinski definition) is 6. The second kappa shape index (κ2) is 6.17. The van der Waals surface area contributed by atoms with E-state index in [1.54, 1.807) is 12.7 Å². The lowest BCUT2D eigenvalue weighted by Crippen LogP contribution is -2.39. The van der Waals surface area contributed by atoms with Gasteiger partial charge in [0, 0.05) is 37.9 Å². The van der Waals surface area contributed by atoms with Gasteiger partial charge < -0.3 is 9.88 Å². The van der Waals surface area contributed by atoms with Crippen LogP contribution in [0.2, 0.25) is 0 Å². The van der Waals surface area contributed by atoms with Crippen molar-refractivity contribution in [2.24, 2.45) is 7.05 Å². The van der Waals surface area contributed by atoms with E-state index >= 15 is 0 Å². The van der Waals surface area contributed by atoms with E-state index in [4.69, 9.17) is 0 Å². The molecular weight excluding hydrogens is 266 g/mol. The fraction of sp³-hybridized carbons (Fsp3) is 0.571. The number of likely N-dealkylation sites (tertiary alicyclic amines) is 1. The molecule has 7 heteroatoms. The first-order chi connectivity index (χ1) is 10.2. The van der Waals surface area contributed by atoms with Gasteiger partial charge in [-0.1, -0.05) is 0 Å². The largest absolute Gasteiger partial charge is 0.367 e. The standard InChI is InChI=1S/C14H21N7/c1-11-7-13(16-9-15-11)18-12-3-5-21(6-4-12)8-14-19-17-10-20(14)2/h7,9-10,12H,3-6,8H2,1-2H3,(H,15,16,18). The quantitative estimate of drug-likeness (QED) is 0.904. The zero-order chi connectivity index (χ0) is 14.7. The highest BCUT2D eigenvalue weighted by Gasteiger charge is 2.20. The lowest BCUT2D eigenvalue weighted by molar-refractivity contribution is 0.204. The molecular formula is C14H21N7. The predicted molar refractivity (Wildman–Crippen MR) is 79.7 cm³/mol. The Kier molecular flexibility index (Phi) is 4.10. The van der Waals surface area contributed by atoms with Gasteiger partial charge in [0.15, 0.2) is 0 Å². The van der Waals surface area contributed by atoms with Gasteiger partial charge >= 0.3 is 0 Å². The Hall–Kier alpha value is -2.02. The van der Waals surface area contributed by atoms with Gasteiger partial charge in [-0.2, -0.15) is 0 Å². The number of nitrogens with one attached hydrogen (secondary N) is 1. The van der Waals surface area contributed by atoms with E-state index in [1.807, 2.05) is 24.6 Å². The summed E-state index contributed by atoms with van der Waals surface area (Å²) in [4.78, 5) is 10.8. The molecule has 1 N–H and O–H groups in total. The Morgan fingerprint density at radius 2 is 2.10 bits per heavy atom. The maximum absolute atomic E-state index is 4.27. The number of aromatic nitrogens is 5. The summed E-state index contributed by atoms with van der Waals surface area (Å²) in [6, 6.07) is 2.47. The highest BCUT2D eigenvalue weighted by Crippen LogP contribution is 2.16. The molecule has 0 bridgehead atoms. The van der Waals surface area contributed by atoms with Gasteiger partial charge in [0.2, 0.25) is 0 Å². The van der Waals surface area contributed by atoms with Crippen molar-refractivity contribution in [3.63, 3.8) is 0 Å². The van der Waals surface area contributed by atoms with Gasteiger partial charge in [-0.15, -0.1) is 10.2 Å². The minimum atomic E-state index is 0.482. The summed E-state index contributed by atoms with van der Waals surface area (Å²) in [5.41, 5.74) is 0.993. The molecule has 0 saturated carbocycles. The Morgan fingerprint density at radius 1 is 1.29 bits per heavy atom. The summed E-state index contributed by atoms with van der Waals surface area (Å²) in [7, 11) is 1.99. The SMILES string of the molecule is Cc1cc(NC2CCN(Cc3nncn3C)CC2)ncn1. The molecule has 1 saturated heterocycles. The zero-order valence-electron chi connectivity index (χ0n) is 12.5. The number of hydrogen-bond donors (Lipinski definition) is 1. The molecule has 2 aromatic heterocycles. The molecule has 2 aromatic rings. The first-order valence-electron chi connectivity index (χ1n) is 7.31. The molecule has 3 heterocycles. The van der Waals surface area contributed by atoms with Crippen LogP contribution in [-0.2, 0) is 13.6 Å². The smallest absolute Gasteiger partial charge is 0.146 e. The van der Waals surface area contributed by atoms with Crippen LogP contribution in [0.3, 0.4) is 0 Å². The molecule has 7 nitrogen and oxygen atoms in total. The van der Waals surface area contributed by atoms with Crippen molar-refractivity contribution < 1.29 is 0 Å². The van der Waals surface area contributed by atoms with Crippen LogP contribution in [0.15, 0.2) is 18.7 Å². The van der Waals surface area contributed by atoms with E-state index in [1.165, 1.54) is 0 Å². The normalized spacial score (nSPS) is 17.0. The van der Waals surface area contributed by atoms with Crippen LogP contribution in [0, 0.1) is 6.92 Å². The molecule has 1 aliphatic heterocycles. The third-order valence-electron chi connectivity index (χ3n) is 3.91. The van der Waals surface area contributed by atoms with Crippen molar-refractivity contribution in [2.75, 3.05) is 18.4 Å². The lowest BCUT2D eigenvalue weighted by Gasteiger charge is -2.32. The lowest BCUT2D eigenvalue weighted by atomic mass is 10.1. The van der Waals surface area contributed by atoms with E-state index in [9.17, 15) is 0 Å². The summed E-state index contributed by atoms with van der Waals surface area (Å²) in [5, 5.41) is 11.6. The van der Waals surface area contributed by atoms with E-state index in [0.29, 0.717) is 6.04 Å². The van der Waals surface area contributed by atoms with Crippen LogP contribution in [0.5, 0.6) is 0 Å². The van der Waals surface area contributed by atoms with Crippen molar-refractivity contribution >= 4 is 5.82 Å². The van der Waals surface area contributed by atoms with Gasteiger partial charge in [-0.05, 0) is 19.8 Å². The first-order valence-corrected chi connectivity index (χ1v) is 7.31. The highest BCUT2D eigenvalue weighted by atomic mass is 15.3. The number of rotatable bonds is 4. The van der Waals surface area contributed by atoms with Gasteiger partial charge in [0.25, 0.3) is 0 Å². The molecule has 1 aliphatic rings. The van der Waals surface area contributed by atoms with Crippen LogP contribution in [0.25, 0.3) is 0 Å². The molecule has 0 atom stereocenters. The molecule has 0 amide bonds. The summed E-state index contributed by atoms with van der Waals surface area (Å²) < 4.78 is 1.98. The van der Waals surface area contributed by atoms with Gasteiger partial charge in [-0.25, -0.2) is 9.97 Å². The van der Waals surface area contributed by atoms with E-state index < -0.39 is 0 Å². The van der Waals surface area contributed by atoms with Crippen LogP contribution in [0.1, 0.15) is 24.4 Å². The Bertz CT molecular complexity index is 587. The number of piperidine rings is 1. The van der Waals surface area contributed by atoms with Crippen LogP contribution in [0.4, 0.5) is 5.82 Å². The second-order valence-corrected chi connectivity index (χ2v) is 5.60. The Morgan fingerprint density at radius 3 is 2.76 bits per heavy atom.